The molecule has 0 aliphatic heterocycles. The first-order valence-electron chi connectivity index (χ1n) is 5.01. The summed E-state index contributed by atoms with van der Waals surface area (Å²) in [5.74, 6) is 2.49. The first kappa shape index (κ1) is 15.9. The first-order chi connectivity index (χ1) is 7.79. The summed E-state index contributed by atoms with van der Waals surface area (Å²) in [6.45, 7) is 1.79. The van der Waals surface area contributed by atoms with Gasteiger partial charge in [0.25, 0.3) is 10.3 Å². The lowest BCUT2D eigenvalue weighted by Gasteiger charge is -2.25. The van der Waals surface area contributed by atoms with Crippen LogP contribution in [0.15, 0.2) is 0 Å². The van der Waals surface area contributed by atoms with Gasteiger partial charge >= 0.3 is 0 Å². The Morgan fingerprint density at radius 3 is 1.82 bits per heavy atom. The molecule has 0 unspecified atom stereocenters. The van der Waals surface area contributed by atoms with Crippen molar-refractivity contribution in [3.8, 4) is 12.3 Å². The number of thiocarbonyl (C=S) groups is 2. The van der Waals surface area contributed by atoms with Gasteiger partial charge in [-0.1, -0.05) is 5.92 Å². The van der Waals surface area contributed by atoms with Crippen LogP contribution < -0.4 is 0 Å². The van der Waals surface area contributed by atoms with Gasteiger partial charge in [-0.25, -0.2) is 0 Å². The highest BCUT2D eigenvalue weighted by molar-refractivity contribution is 7.80. The second-order valence-electron chi connectivity index (χ2n) is 3.85. The van der Waals surface area contributed by atoms with Crippen LogP contribution in [0.25, 0.3) is 0 Å². The van der Waals surface area contributed by atoms with Crippen molar-refractivity contribution < 1.29 is 9.47 Å². The molecule has 0 bridgehead atoms. The van der Waals surface area contributed by atoms with Gasteiger partial charge in [0.2, 0.25) is 0 Å². The monoisotopic (exact) mass is 274 g/mol. The van der Waals surface area contributed by atoms with Crippen molar-refractivity contribution >= 4 is 34.8 Å². The van der Waals surface area contributed by atoms with Crippen LogP contribution in [0.5, 0.6) is 0 Å². The number of nitrogens with zero attached hydrogens (tertiary/aromatic N) is 2. The van der Waals surface area contributed by atoms with Crippen molar-refractivity contribution in [1.29, 1.82) is 0 Å². The molecule has 0 rings (SSSR count). The van der Waals surface area contributed by atoms with Crippen LogP contribution in [0.4, 0.5) is 0 Å². The zero-order valence-corrected chi connectivity index (χ0v) is 12.4. The molecule has 0 aromatic heterocycles. The van der Waals surface area contributed by atoms with Gasteiger partial charge in [0.05, 0.1) is 0 Å². The third kappa shape index (κ3) is 5.71. The molecule has 0 spiro atoms. The van der Waals surface area contributed by atoms with E-state index < -0.39 is 6.10 Å². The molecular formula is C11H18N2O2S2. The molecule has 0 N–H and O–H groups in total. The highest BCUT2D eigenvalue weighted by atomic mass is 32.1. The predicted octanol–water partition coefficient (Wildman–Crippen LogP) is 1.10. The fraction of sp³-hybridized carbons (Fsp3) is 0.636. The van der Waals surface area contributed by atoms with Crippen LogP contribution in [-0.4, -0.2) is 60.5 Å². The number of rotatable bonds is 3. The largest absolute Gasteiger partial charge is 0.463 e. The van der Waals surface area contributed by atoms with Crippen molar-refractivity contribution in [2.45, 2.75) is 19.1 Å². The molecule has 0 radical (unpaired) electrons. The molecule has 0 fully saturated rings. The van der Waals surface area contributed by atoms with Crippen LogP contribution in [0.2, 0.25) is 0 Å². The van der Waals surface area contributed by atoms with Crippen molar-refractivity contribution in [3.63, 3.8) is 0 Å². The van der Waals surface area contributed by atoms with E-state index in [0.29, 0.717) is 10.3 Å². The minimum atomic E-state index is -0.567. The number of terminal acetylenes is 1. The van der Waals surface area contributed by atoms with Crippen molar-refractivity contribution in [1.82, 2.24) is 9.80 Å². The molecule has 4 nitrogen and oxygen atoms in total. The zero-order valence-electron chi connectivity index (χ0n) is 10.8. The lowest BCUT2D eigenvalue weighted by atomic mass is 10.2. The lowest BCUT2D eigenvalue weighted by Crippen LogP contribution is -2.37. The molecule has 0 aliphatic rings. The summed E-state index contributed by atoms with van der Waals surface area (Å²) in [7, 11) is 7.16. The summed E-state index contributed by atoms with van der Waals surface area (Å²) in [6, 6.07) is 0. The summed E-state index contributed by atoms with van der Waals surface area (Å²) in [6.07, 6.45) is 4.45. The Bertz CT molecular complexity index is 324. The SMILES string of the molecule is C#C[C@H](OC(=S)N(C)C)[C@H](C)OC(=S)N(C)C. The third-order valence-corrected chi connectivity index (χ3v) is 2.76. The van der Waals surface area contributed by atoms with E-state index >= 15 is 0 Å². The predicted molar refractivity (Wildman–Crippen MR) is 76.8 cm³/mol. The molecular weight excluding hydrogens is 256 g/mol. The average molecular weight is 274 g/mol. The minimum absolute atomic E-state index is 0.319. The Hall–Kier alpha value is -1.06. The van der Waals surface area contributed by atoms with Crippen LogP contribution in [-0.2, 0) is 9.47 Å². The van der Waals surface area contributed by atoms with E-state index in [0.717, 1.165) is 0 Å². The summed E-state index contributed by atoms with van der Waals surface area (Å²) >= 11 is 10.0. The van der Waals surface area contributed by atoms with E-state index in [4.69, 9.17) is 40.3 Å². The second kappa shape index (κ2) is 7.30. The molecule has 17 heavy (non-hydrogen) atoms. The van der Waals surface area contributed by atoms with Gasteiger partial charge in [-0.15, -0.1) is 6.42 Å². The van der Waals surface area contributed by atoms with E-state index in [9.17, 15) is 0 Å². The van der Waals surface area contributed by atoms with E-state index in [-0.39, 0.29) is 6.10 Å². The normalized spacial score (nSPS) is 12.9. The van der Waals surface area contributed by atoms with Crippen molar-refractivity contribution in [2.24, 2.45) is 0 Å². The standard InChI is InChI=1S/C11H18N2O2S2/c1-7-9(15-11(17)13(5)6)8(2)14-10(16)12(3)4/h1,8-9H,2-6H3/t8-,9-/m0/s1. The van der Waals surface area contributed by atoms with Crippen LogP contribution in [0, 0.1) is 12.3 Å². The van der Waals surface area contributed by atoms with Crippen LogP contribution in [0.1, 0.15) is 6.92 Å². The van der Waals surface area contributed by atoms with Gasteiger partial charge in [0, 0.05) is 28.2 Å². The summed E-state index contributed by atoms with van der Waals surface area (Å²) in [5.41, 5.74) is 0. The summed E-state index contributed by atoms with van der Waals surface area (Å²) in [5, 5.41) is 0.677. The van der Waals surface area contributed by atoms with E-state index in [2.05, 4.69) is 5.92 Å². The van der Waals surface area contributed by atoms with Gasteiger partial charge in [-0.3, -0.25) is 0 Å². The van der Waals surface area contributed by atoms with Crippen molar-refractivity contribution in [2.75, 3.05) is 28.2 Å². The van der Waals surface area contributed by atoms with Gasteiger partial charge in [0.15, 0.2) is 6.10 Å². The summed E-state index contributed by atoms with van der Waals surface area (Å²) in [4.78, 5) is 3.35. The maximum atomic E-state index is 5.46. The molecule has 0 heterocycles. The van der Waals surface area contributed by atoms with E-state index in [1.54, 1.807) is 44.9 Å². The maximum absolute atomic E-state index is 5.46. The van der Waals surface area contributed by atoms with Crippen molar-refractivity contribution in [3.05, 3.63) is 0 Å². The Labute approximate surface area is 114 Å². The molecule has 0 aliphatic carbocycles. The zero-order chi connectivity index (χ0) is 13.6. The Balaban J connectivity index is 4.42. The van der Waals surface area contributed by atoms with Gasteiger partial charge in [-0.2, -0.15) is 0 Å². The second-order valence-corrected chi connectivity index (χ2v) is 4.55. The molecule has 0 amide bonds. The summed E-state index contributed by atoms with van der Waals surface area (Å²) < 4.78 is 10.9. The molecule has 2 atom stereocenters. The maximum Gasteiger partial charge on any atom is 0.260 e. The molecule has 0 saturated carbocycles. The smallest absolute Gasteiger partial charge is 0.260 e. The van der Waals surface area contributed by atoms with Gasteiger partial charge in [-0.05, 0) is 31.4 Å². The highest BCUT2D eigenvalue weighted by Gasteiger charge is 2.21. The number of ether oxygens (including phenoxy) is 2. The Morgan fingerprint density at radius 1 is 1.06 bits per heavy atom. The number of hydrogen-bond acceptors (Lipinski definition) is 4. The third-order valence-electron chi connectivity index (χ3n) is 1.84. The average Bonchev–Trinajstić information content (AvgIpc) is 2.24. The van der Waals surface area contributed by atoms with E-state index in [1.165, 1.54) is 0 Å². The van der Waals surface area contributed by atoms with Gasteiger partial charge < -0.3 is 19.3 Å². The Morgan fingerprint density at radius 2 is 1.47 bits per heavy atom. The molecule has 0 aromatic carbocycles. The van der Waals surface area contributed by atoms with Crippen LogP contribution >= 0.6 is 24.4 Å². The van der Waals surface area contributed by atoms with Gasteiger partial charge in [0.1, 0.15) is 6.10 Å². The molecule has 0 saturated heterocycles. The number of hydrogen-bond donors (Lipinski definition) is 0. The Kier molecular flexibility index (Phi) is 6.85. The fourth-order valence-electron chi connectivity index (χ4n) is 0.806. The van der Waals surface area contributed by atoms with E-state index in [1.807, 2.05) is 0 Å². The quantitative estimate of drug-likeness (QED) is 0.565. The molecule has 6 heteroatoms. The lowest BCUT2D eigenvalue weighted by molar-refractivity contribution is 0.0708. The molecule has 96 valence electrons. The highest BCUT2D eigenvalue weighted by Crippen LogP contribution is 2.07. The topological polar surface area (TPSA) is 24.9 Å². The molecule has 0 aromatic rings. The fourth-order valence-corrected chi connectivity index (χ4v) is 1.06. The minimum Gasteiger partial charge on any atom is -0.463 e. The first-order valence-corrected chi connectivity index (χ1v) is 5.83. The van der Waals surface area contributed by atoms with Crippen LogP contribution in [0.3, 0.4) is 0 Å².